The molecule has 0 spiro atoms. The highest BCUT2D eigenvalue weighted by atomic mass is 32.2. The first-order chi connectivity index (χ1) is 9.90. The normalized spacial score (nSPS) is 12.6. The molecule has 0 saturated heterocycles. The van der Waals surface area contributed by atoms with Gasteiger partial charge in [0.1, 0.15) is 5.82 Å². The van der Waals surface area contributed by atoms with Crippen molar-refractivity contribution in [2.45, 2.75) is 11.8 Å². The summed E-state index contributed by atoms with van der Waals surface area (Å²) in [6.45, 7) is 2.36. The highest BCUT2D eigenvalue weighted by Gasteiger charge is 2.19. The number of sulfonamides is 1. The van der Waals surface area contributed by atoms with Gasteiger partial charge in [-0.05, 0) is 36.1 Å². The van der Waals surface area contributed by atoms with Crippen molar-refractivity contribution >= 4 is 21.8 Å². The van der Waals surface area contributed by atoms with E-state index in [4.69, 9.17) is 5.73 Å². The summed E-state index contributed by atoms with van der Waals surface area (Å²) < 4.78 is 40.4. The summed E-state index contributed by atoms with van der Waals surface area (Å²) in [7, 11) is -3.72. The van der Waals surface area contributed by atoms with E-state index in [1.54, 1.807) is 11.8 Å². The van der Waals surface area contributed by atoms with Crippen molar-refractivity contribution < 1.29 is 12.8 Å². The van der Waals surface area contributed by atoms with E-state index in [0.717, 1.165) is 17.9 Å². The van der Waals surface area contributed by atoms with Gasteiger partial charge in [0.2, 0.25) is 10.0 Å². The van der Waals surface area contributed by atoms with E-state index in [1.807, 2.05) is 13.2 Å². The highest BCUT2D eigenvalue weighted by Crippen LogP contribution is 2.16. The molecule has 0 radical (unpaired) electrons. The van der Waals surface area contributed by atoms with Crippen molar-refractivity contribution in [2.75, 3.05) is 25.1 Å². The monoisotopic (exact) mass is 330 g/mol. The number of nitrogens with two attached hydrogens (primary N) is 1. The maximum atomic E-state index is 13.3. The largest absolute Gasteiger partial charge is 0.320 e. The molecule has 0 aromatic heterocycles. The minimum absolute atomic E-state index is 0.0267. The summed E-state index contributed by atoms with van der Waals surface area (Å²) in [6.07, 6.45) is 1.96. The fourth-order valence-corrected chi connectivity index (χ4v) is 3.65. The lowest BCUT2D eigenvalue weighted by atomic mass is 10.2. The van der Waals surface area contributed by atoms with E-state index in [2.05, 4.69) is 16.6 Å². The molecule has 3 N–H and O–H groups in total. The Kier molecular flexibility index (Phi) is 7.18. The summed E-state index contributed by atoms with van der Waals surface area (Å²) in [5.74, 6) is 5.66. The topological polar surface area (TPSA) is 72.2 Å². The molecule has 0 saturated carbocycles. The highest BCUT2D eigenvalue weighted by molar-refractivity contribution is 7.98. The first kappa shape index (κ1) is 18.0. The van der Waals surface area contributed by atoms with E-state index < -0.39 is 15.8 Å². The minimum atomic E-state index is -3.72. The Labute approximate surface area is 129 Å². The third-order valence-corrected chi connectivity index (χ3v) is 5.01. The Morgan fingerprint density at radius 3 is 2.81 bits per heavy atom. The molecule has 0 amide bonds. The SMILES string of the molecule is CSCC(C)CNS(=O)(=O)c1ccc(F)cc1C#CCN. The number of hydrogen-bond acceptors (Lipinski definition) is 4. The maximum Gasteiger partial charge on any atom is 0.241 e. The Morgan fingerprint density at radius 1 is 1.48 bits per heavy atom. The third-order valence-electron chi connectivity index (χ3n) is 2.63. The van der Waals surface area contributed by atoms with Crippen LogP contribution in [0.1, 0.15) is 12.5 Å². The summed E-state index contributed by atoms with van der Waals surface area (Å²) in [4.78, 5) is -0.0267. The molecule has 1 atom stereocenters. The van der Waals surface area contributed by atoms with Crippen LogP contribution < -0.4 is 10.5 Å². The molecule has 0 heterocycles. The first-order valence-corrected chi connectivity index (χ1v) is 9.25. The Balaban J connectivity index is 3.02. The summed E-state index contributed by atoms with van der Waals surface area (Å²) in [6, 6.07) is 3.42. The van der Waals surface area contributed by atoms with Crippen LogP contribution in [0, 0.1) is 23.6 Å². The lowest BCUT2D eigenvalue weighted by Gasteiger charge is -2.12. The molecule has 1 aromatic carbocycles. The predicted molar refractivity (Wildman–Crippen MR) is 85.1 cm³/mol. The first-order valence-electron chi connectivity index (χ1n) is 6.37. The van der Waals surface area contributed by atoms with Gasteiger partial charge in [-0.25, -0.2) is 17.5 Å². The average molecular weight is 330 g/mol. The van der Waals surface area contributed by atoms with Gasteiger partial charge in [0.15, 0.2) is 0 Å². The molecule has 1 unspecified atom stereocenters. The van der Waals surface area contributed by atoms with Crippen molar-refractivity contribution in [2.24, 2.45) is 11.7 Å². The van der Waals surface area contributed by atoms with Crippen molar-refractivity contribution in [1.29, 1.82) is 0 Å². The van der Waals surface area contributed by atoms with Crippen LogP contribution in [-0.2, 0) is 10.0 Å². The molecule has 1 rings (SSSR count). The summed E-state index contributed by atoms with van der Waals surface area (Å²) in [5, 5.41) is 0. The van der Waals surface area contributed by atoms with Crippen molar-refractivity contribution in [1.82, 2.24) is 4.72 Å². The van der Waals surface area contributed by atoms with Gasteiger partial charge >= 0.3 is 0 Å². The zero-order valence-corrected chi connectivity index (χ0v) is 13.7. The van der Waals surface area contributed by atoms with Gasteiger partial charge in [-0.3, -0.25) is 0 Å². The van der Waals surface area contributed by atoms with Crippen molar-refractivity contribution in [3.05, 3.63) is 29.6 Å². The van der Waals surface area contributed by atoms with Gasteiger partial charge in [-0.2, -0.15) is 11.8 Å². The second kappa shape index (κ2) is 8.39. The fourth-order valence-electron chi connectivity index (χ4n) is 1.65. The Hall–Kier alpha value is -1.07. The predicted octanol–water partition coefficient (Wildman–Crippen LogP) is 1.41. The average Bonchev–Trinajstić information content (AvgIpc) is 2.43. The van der Waals surface area contributed by atoms with Crippen LogP contribution in [0.3, 0.4) is 0 Å². The number of nitrogens with one attached hydrogen (secondary N) is 1. The number of thioether (sulfide) groups is 1. The molecule has 0 fully saturated rings. The van der Waals surface area contributed by atoms with Crippen LogP contribution in [0.2, 0.25) is 0 Å². The van der Waals surface area contributed by atoms with Gasteiger partial charge in [0.05, 0.1) is 11.4 Å². The molecule has 4 nitrogen and oxygen atoms in total. The van der Waals surface area contributed by atoms with Crippen molar-refractivity contribution in [3.8, 4) is 11.8 Å². The van der Waals surface area contributed by atoms with Crippen LogP contribution in [0.15, 0.2) is 23.1 Å². The lowest BCUT2D eigenvalue weighted by molar-refractivity contribution is 0.562. The van der Waals surface area contributed by atoms with Gasteiger partial charge in [-0.1, -0.05) is 18.8 Å². The summed E-state index contributed by atoms with van der Waals surface area (Å²) >= 11 is 1.65. The zero-order chi connectivity index (χ0) is 15.9. The molecule has 7 heteroatoms. The molecular weight excluding hydrogens is 311 g/mol. The zero-order valence-electron chi connectivity index (χ0n) is 12.0. The second-order valence-electron chi connectivity index (χ2n) is 4.56. The van der Waals surface area contributed by atoms with E-state index >= 15 is 0 Å². The van der Waals surface area contributed by atoms with Gasteiger partial charge in [0.25, 0.3) is 0 Å². The Morgan fingerprint density at radius 2 is 2.19 bits per heavy atom. The summed E-state index contributed by atoms with van der Waals surface area (Å²) in [5.41, 5.74) is 5.39. The van der Waals surface area contributed by atoms with Crippen LogP contribution in [0.5, 0.6) is 0 Å². The quantitative estimate of drug-likeness (QED) is 0.774. The minimum Gasteiger partial charge on any atom is -0.320 e. The molecule has 21 heavy (non-hydrogen) atoms. The second-order valence-corrected chi connectivity index (χ2v) is 7.20. The van der Waals surface area contributed by atoms with E-state index in [0.29, 0.717) is 6.54 Å². The molecule has 1 aromatic rings. The smallest absolute Gasteiger partial charge is 0.241 e. The van der Waals surface area contributed by atoms with Gasteiger partial charge in [-0.15, -0.1) is 0 Å². The molecule has 0 aliphatic rings. The van der Waals surface area contributed by atoms with Crippen molar-refractivity contribution in [3.63, 3.8) is 0 Å². The number of benzene rings is 1. The standard InChI is InChI=1S/C14H19FN2O2S2/c1-11(10-20-2)9-17-21(18,19)14-6-5-13(15)8-12(14)4-3-7-16/h5-6,8,11,17H,7,9-10,16H2,1-2H3. The number of hydrogen-bond donors (Lipinski definition) is 2. The molecule has 0 bridgehead atoms. The number of halogens is 1. The Bertz CT molecular complexity index is 636. The number of rotatable bonds is 6. The van der Waals surface area contributed by atoms with Crippen LogP contribution >= 0.6 is 11.8 Å². The lowest BCUT2D eigenvalue weighted by Crippen LogP contribution is -2.29. The molecule has 0 aliphatic heterocycles. The van der Waals surface area contributed by atoms with Gasteiger partial charge in [0, 0.05) is 12.1 Å². The maximum absolute atomic E-state index is 13.3. The van der Waals surface area contributed by atoms with Crippen LogP contribution in [-0.4, -0.2) is 33.5 Å². The molecular formula is C14H19FN2O2S2. The molecule has 0 aliphatic carbocycles. The van der Waals surface area contributed by atoms with E-state index in [-0.39, 0.29) is 22.9 Å². The van der Waals surface area contributed by atoms with E-state index in [1.165, 1.54) is 6.07 Å². The third kappa shape index (κ3) is 5.67. The van der Waals surface area contributed by atoms with Gasteiger partial charge < -0.3 is 5.73 Å². The molecule has 116 valence electrons. The fraction of sp³-hybridized carbons (Fsp3) is 0.429. The van der Waals surface area contributed by atoms with Crippen LogP contribution in [0.4, 0.5) is 4.39 Å². The van der Waals surface area contributed by atoms with Crippen LogP contribution in [0.25, 0.3) is 0 Å². The van der Waals surface area contributed by atoms with E-state index in [9.17, 15) is 12.8 Å².